The summed E-state index contributed by atoms with van der Waals surface area (Å²) in [6, 6.07) is 4.74. The number of nitro groups is 1. The third-order valence-electron chi connectivity index (χ3n) is 4.02. The zero-order valence-electron chi connectivity index (χ0n) is 15.3. The fourth-order valence-corrected chi connectivity index (χ4v) is 3.32. The second kappa shape index (κ2) is 7.45. The van der Waals surface area contributed by atoms with Crippen molar-refractivity contribution in [1.29, 1.82) is 0 Å². The van der Waals surface area contributed by atoms with Crippen LogP contribution in [0.3, 0.4) is 0 Å². The van der Waals surface area contributed by atoms with Gasteiger partial charge in [0.15, 0.2) is 0 Å². The van der Waals surface area contributed by atoms with Crippen LogP contribution in [-0.4, -0.2) is 29.4 Å². The minimum absolute atomic E-state index is 0.265. The van der Waals surface area contributed by atoms with Crippen molar-refractivity contribution in [2.45, 2.75) is 46.3 Å². The van der Waals surface area contributed by atoms with Crippen molar-refractivity contribution >= 4 is 13.8 Å². The molecule has 0 atom stereocenters. The van der Waals surface area contributed by atoms with Gasteiger partial charge >= 0.3 is 0 Å². The van der Waals surface area contributed by atoms with Gasteiger partial charge in [0.25, 0.3) is 5.69 Å². The summed E-state index contributed by atoms with van der Waals surface area (Å²) < 4.78 is 21.8. The van der Waals surface area contributed by atoms with Gasteiger partial charge < -0.3 is 4.74 Å². The van der Waals surface area contributed by atoms with Crippen LogP contribution >= 0.6 is 0 Å². The largest absolute Gasteiger partial charge is 0.360 e. The molecule has 0 amide bonds. The minimum atomic E-state index is -1.15. The van der Waals surface area contributed by atoms with Gasteiger partial charge in [-0.2, -0.15) is 5.10 Å². The summed E-state index contributed by atoms with van der Waals surface area (Å²) in [6.07, 6.45) is 0. The van der Waals surface area contributed by atoms with Crippen molar-refractivity contribution in [3.05, 3.63) is 45.5 Å². The van der Waals surface area contributed by atoms with Gasteiger partial charge in [-0.05, 0) is 26.0 Å². The molecular weight excluding hydrogens is 341 g/mol. The number of hydrogen-bond donors (Lipinski definition) is 0. The Balaban J connectivity index is 2.21. The molecule has 0 bridgehead atoms. The summed E-state index contributed by atoms with van der Waals surface area (Å²) in [5.74, 6) is -0.625. The molecule has 2 rings (SSSR count). The zero-order chi connectivity index (χ0) is 18.8. The molecule has 6 nitrogen and oxygen atoms in total. The predicted octanol–water partition coefficient (Wildman–Crippen LogP) is 4.53. The summed E-state index contributed by atoms with van der Waals surface area (Å²) in [6.45, 7) is 11.5. The lowest BCUT2D eigenvalue weighted by molar-refractivity contribution is -0.385. The molecule has 1 aromatic carbocycles. The van der Waals surface area contributed by atoms with Gasteiger partial charge in [-0.25, -0.2) is 9.07 Å². The third-order valence-corrected chi connectivity index (χ3v) is 5.73. The summed E-state index contributed by atoms with van der Waals surface area (Å²) in [5.41, 5.74) is 2.14. The first kappa shape index (κ1) is 19.3. The van der Waals surface area contributed by atoms with E-state index in [1.807, 2.05) is 6.92 Å². The Morgan fingerprint density at radius 2 is 2.00 bits per heavy atom. The van der Waals surface area contributed by atoms with Gasteiger partial charge in [-0.15, -0.1) is 0 Å². The van der Waals surface area contributed by atoms with Crippen molar-refractivity contribution in [2.24, 2.45) is 0 Å². The Bertz CT molecular complexity index is 784. The summed E-state index contributed by atoms with van der Waals surface area (Å²) in [7, 11) is -1.15. The molecule has 0 aliphatic carbocycles. The molecule has 136 valence electrons. The first-order chi connectivity index (χ1) is 11.6. The number of aryl methyl sites for hydroxylation is 1. The lowest BCUT2D eigenvalue weighted by Gasteiger charge is -2.15. The molecule has 0 aliphatic heterocycles. The van der Waals surface area contributed by atoms with Crippen LogP contribution < -0.4 is 0 Å². The van der Waals surface area contributed by atoms with Crippen LogP contribution in [0.1, 0.15) is 11.4 Å². The van der Waals surface area contributed by atoms with Crippen LogP contribution in [0.4, 0.5) is 10.1 Å². The Hall–Kier alpha value is -2.06. The van der Waals surface area contributed by atoms with E-state index in [0.717, 1.165) is 17.8 Å². The van der Waals surface area contributed by atoms with Crippen molar-refractivity contribution < 1.29 is 14.1 Å². The Morgan fingerprint density at radius 1 is 1.32 bits per heavy atom. The van der Waals surface area contributed by atoms with E-state index in [2.05, 4.69) is 24.7 Å². The normalized spacial score (nSPS) is 11.8. The first-order valence-corrected chi connectivity index (χ1v) is 11.9. The molecule has 0 unspecified atom stereocenters. The summed E-state index contributed by atoms with van der Waals surface area (Å²) in [4.78, 5) is 10.2. The molecular formula is C17H24FN3O3Si. The topological polar surface area (TPSA) is 70.2 Å². The Kier molecular flexibility index (Phi) is 5.74. The molecule has 0 spiro atoms. The van der Waals surface area contributed by atoms with E-state index in [-0.39, 0.29) is 5.69 Å². The lowest BCUT2D eigenvalue weighted by atomic mass is 10.0. The average Bonchev–Trinajstić information content (AvgIpc) is 2.77. The highest BCUT2D eigenvalue weighted by Crippen LogP contribution is 2.31. The highest BCUT2D eigenvalue weighted by Gasteiger charge is 2.19. The Labute approximate surface area is 147 Å². The Morgan fingerprint density at radius 3 is 2.56 bits per heavy atom. The predicted molar refractivity (Wildman–Crippen MR) is 97.9 cm³/mol. The van der Waals surface area contributed by atoms with Crippen LogP contribution in [0.25, 0.3) is 11.1 Å². The average molecular weight is 365 g/mol. The summed E-state index contributed by atoms with van der Waals surface area (Å²) >= 11 is 0. The molecule has 25 heavy (non-hydrogen) atoms. The molecule has 2 aromatic rings. The highest BCUT2D eigenvalue weighted by molar-refractivity contribution is 6.76. The number of rotatable bonds is 7. The lowest BCUT2D eigenvalue weighted by Crippen LogP contribution is -2.22. The summed E-state index contributed by atoms with van der Waals surface area (Å²) in [5, 5.41) is 15.2. The number of non-ortho nitro benzene ring substituents is 1. The van der Waals surface area contributed by atoms with Crippen LogP contribution in [0.2, 0.25) is 25.7 Å². The standard InChI is InChI=1S/C17H24FN3O3Si/c1-12-17(15-7-6-14(21(22)23)10-16(15)18)13(2)20(19-12)11-24-8-9-25(3,4)5/h6-7,10H,8-9,11H2,1-5H3. The molecule has 0 saturated carbocycles. The smallest absolute Gasteiger partial charge is 0.272 e. The number of hydrogen-bond acceptors (Lipinski definition) is 4. The maximum Gasteiger partial charge on any atom is 0.272 e. The van der Waals surface area contributed by atoms with E-state index in [0.29, 0.717) is 30.2 Å². The SMILES string of the molecule is Cc1nn(COCC[Si](C)(C)C)c(C)c1-c1ccc([N+](=O)[O-])cc1F. The molecule has 0 fully saturated rings. The van der Waals surface area contributed by atoms with E-state index < -0.39 is 18.8 Å². The van der Waals surface area contributed by atoms with E-state index >= 15 is 0 Å². The van der Waals surface area contributed by atoms with Crippen LogP contribution in [0.5, 0.6) is 0 Å². The van der Waals surface area contributed by atoms with Crippen molar-refractivity contribution in [3.63, 3.8) is 0 Å². The van der Waals surface area contributed by atoms with Gasteiger partial charge in [0.1, 0.15) is 12.5 Å². The minimum Gasteiger partial charge on any atom is -0.360 e. The second-order valence-corrected chi connectivity index (χ2v) is 12.9. The molecule has 0 N–H and O–H groups in total. The number of benzene rings is 1. The van der Waals surface area contributed by atoms with Crippen LogP contribution in [0.15, 0.2) is 18.2 Å². The quantitative estimate of drug-likeness (QED) is 0.313. The van der Waals surface area contributed by atoms with Gasteiger partial charge in [0, 0.05) is 37.6 Å². The van der Waals surface area contributed by atoms with Crippen molar-refractivity contribution in [3.8, 4) is 11.1 Å². The van der Waals surface area contributed by atoms with Crippen molar-refractivity contribution in [2.75, 3.05) is 6.61 Å². The van der Waals surface area contributed by atoms with Gasteiger partial charge in [-0.3, -0.25) is 10.1 Å². The number of nitro benzene ring substituents is 1. The highest BCUT2D eigenvalue weighted by atomic mass is 28.3. The van der Waals surface area contributed by atoms with Gasteiger partial charge in [-0.1, -0.05) is 19.6 Å². The molecule has 1 heterocycles. The molecule has 8 heteroatoms. The number of ether oxygens (including phenoxy) is 1. The number of aromatic nitrogens is 2. The number of nitrogens with zero attached hydrogens (tertiary/aromatic N) is 3. The molecule has 0 saturated heterocycles. The van der Waals surface area contributed by atoms with E-state index in [9.17, 15) is 14.5 Å². The van der Waals surface area contributed by atoms with Crippen LogP contribution in [-0.2, 0) is 11.5 Å². The first-order valence-electron chi connectivity index (χ1n) is 8.16. The second-order valence-electron chi connectivity index (χ2n) is 7.31. The van der Waals surface area contributed by atoms with E-state index in [1.165, 1.54) is 12.1 Å². The molecule has 1 aromatic heterocycles. The van der Waals surface area contributed by atoms with E-state index in [4.69, 9.17) is 4.74 Å². The zero-order valence-corrected chi connectivity index (χ0v) is 16.3. The third kappa shape index (κ3) is 4.73. The van der Waals surface area contributed by atoms with Gasteiger partial charge in [0.05, 0.1) is 16.7 Å². The molecule has 0 radical (unpaired) electrons. The fraction of sp³-hybridized carbons (Fsp3) is 0.471. The fourth-order valence-electron chi connectivity index (χ4n) is 2.56. The monoisotopic (exact) mass is 365 g/mol. The number of halogens is 1. The van der Waals surface area contributed by atoms with Crippen molar-refractivity contribution in [1.82, 2.24) is 9.78 Å². The van der Waals surface area contributed by atoms with Crippen LogP contribution in [0, 0.1) is 29.8 Å². The maximum absolute atomic E-state index is 14.3. The van der Waals surface area contributed by atoms with E-state index in [1.54, 1.807) is 11.6 Å². The maximum atomic E-state index is 14.3. The van der Waals surface area contributed by atoms with Gasteiger partial charge in [0.2, 0.25) is 0 Å². The molecule has 0 aliphatic rings.